The maximum absolute atomic E-state index is 12.4. The molecule has 0 saturated carbocycles. The van der Waals surface area contributed by atoms with Crippen molar-refractivity contribution in [3.05, 3.63) is 28.8 Å². The molecule has 0 aliphatic carbocycles. The first-order valence-electron chi connectivity index (χ1n) is 6.86. The van der Waals surface area contributed by atoms with Crippen molar-refractivity contribution in [2.24, 2.45) is 7.05 Å². The fraction of sp³-hybridized carbons (Fsp3) is 0.286. The van der Waals surface area contributed by atoms with E-state index < -0.39 is 17.2 Å². The van der Waals surface area contributed by atoms with Crippen molar-refractivity contribution in [3.63, 3.8) is 0 Å². The number of carboxylic acids is 1. The van der Waals surface area contributed by atoms with Crippen LogP contribution < -0.4 is 15.1 Å². The van der Waals surface area contributed by atoms with Crippen LogP contribution in [0.1, 0.15) is 23.7 Å². The molecule has 2 aromatic rings. The molecule has 24 heavy (non-hydrogen) atoms. The summed E-state index contributed by atoms with van der Waals surface area (Å²) in [5.41, 5.74) is 0.195. The topological polar surface area (TPSA) is 119 Å². The summed E-state index contributed by atoms with van der Waals surface area (Å²) < 4.78 is 5.78. The molecule has 0 radical (unpaired) electrons. The number of aromatic carboxylic acids is 1. The van der Waals surface area contributed by atoms with E-state index in [1.54, 1.807) is 6.92 Å². The van der Waals surface area contributed by atoms with E-state index in [1.165, 1.54) is 29.9 Å². The third-order valence-corrected chi connectivity index (χ3v) is 4.91. The number of carbonyl (C=O) groups excluding carboxylic acids is 1. The Bertz CT molecular complexity index is 760. The van der Waals surface area contributed by atoms with Crippen molar-refractivity contribution in [1.29, 1.82) is 0 Å². The van der Waals surface area contributed by atoms with Crippen molar-refractivity contribution in [2.45, 2.75) is 23.6 Å². The van der Waals surface area contributed by atoms with E-state index in [2.05, 4.69) is 15.1 Å². The highest BCUT2D eigenvalue weighted by atomic mass is 35.5. The van der Waals surface area contributed by atoms with Gasteiger partial charge in [0.1, 0.15) is 0 Å². The minimum Gasteiger partial charge on any atom is -0.538 e. The standard InChI is InChI=1S/C14H14ClN3O5S/c1-3-10(24-12-14(22)23-17-18(12)2)11(19)16-7-4-5-9(15)8(6-7)13(20)21/h4-6,10H,3H2,1-2H3,(H2-,16,17,19,20,21,22). The molecule has 128 valence electrons. The molecule has 1 aromatic carbocycles. The van der Waals surface area contributed by atoms with Crippen LogP contribution in [-0.4, -0.2) is 27.5 Å². The van der Waals surface area contributed by atoms with Crippen LogP contribution in [0.5, 0.6) is 5.95 Å². The molecule has 10 heteroatoms. The maximum Gasteiger partial charge on any atom is 0.337 e. The number of aryl methyl sites for hydroxylation is 1. The lowest BCUT2D eigenvalue weighted by Gasteiger charge is -2.13. The summed E-state index contributed by atoms with van der Waals surface area (Å²) in [6, 6.07) is 4.17. The number of halogens is 1. The normalized spacial score (nSPS) is 12.0. The molecule has 1 amide bonds. The molecule has 8 nitrogen and oxygen atoms in total. The Morgan fingerprint density at radius 2 is 2.25 bits per heavy atom. The van der Waals surface area contributed by atoms with Crippen LogP contribution in [0.4, 0.5) is 5.69 Å². The maximum atomic E-state index is 12.4. The summed E-state index contributed by atoms with van der Waals surface area (Å²) in [6.45, 7) is 1.79. The van der Waals surface area contributed by atoms with Crippen molar-refractivity contribution >= 4 is 40.9 Å². The van der Waals surface area contributed by atoms with Gasteiger partial charge in [0.15, 0.2) is 13.0 Å². The number of hydrogen-bond acceptors (Lipinski definition) is 6. The van der Waals surface area contributed by atoms with Gasteiger partial charge < -0.3 is 20.1 Å². The lowest BCUT2D eigenvalue weighted by atomic mass is 10.2. The summed E-state index contributed by atoms with van der Waals surface area (Å²) in [5, 5.41) is 26.4. The Hall–Kier alpha value is -2.26. The predicted octanol–water partition coefficient (Wildman–Crippen LogP) is 1.43. The number of hydrogen-bond donors (Lipinski definition) is 2. The van der Waals surface area contributed by atoms with Gasteiger partial charge in [0.05, 0.1) is 21.1 Å². The number of anilines is 1. The fourth-order valence-corrected chi connectivity index (χ4v) is 3.00. The van der Waals surface area contributed by atoms with Crippen molar-refractivity contribution in [1.82, 2.24) is 5.27 Å². The second-order valence-corrected chi connectivity index (χ2v) is 6.39. The lowest BCUT2D eigenvalue weighted by molar-refractivity contribution is -0.772. The summed E-state index contributed by atoms with van der Waals surface area (Å²) in [6.07, 6.45) is 0.445. The largest absolute Gasteiger partial charge is 0.538 e. The van der Waals surface area contributed by atoms with E-state index in [0.717, 1.165) is 11.8 Å². The number of nitrogens with one attached hydrogen (secondary N) is 1. The van der Waals surface area contributed by atoms with E-state index in [9.17, 15) is 14.7 Å². The van der Waals surface area contributed by atoms with Crippen LogP contribution in [0.15, 0.2) is 27.7 Å². The number of benzene rings is 1. The molecule has 1 atom stereocenters. The smallest absolute Gasteiger partial charge is 0.337 e. The van der Waals surface area contributed by atoms with Crippen molar-refractivity contribution in [2.75, 3.05) is 5.32 Å². The number of aromatic nitrogens is 2. The Kier molecular flexibility index (Phi) is 5.68. The second kappa shape index (κ2) is 7.54. The third kappa shape index (κ3) is 3.98. The predicted molar refractivity (Wildman–Crippen MR) is 84.1 cm³/mol. The van der Waals surface area contributed by atoms with Gasteiger partial charge in [-0.15, -0.1) is 0 Å². The first-order valence-corrected chi connectivity index (χ1v) is 8.12. The molecule has 1 aromatic heterocycles. The molecule has 1 unspecified atom stereocenters. The zero-order valence-corrected chi connectivity index (χ0v) is 14.3. The van der Waals surface area contributed by atoms with E-state index in [4.69, 9.17) is 16.7 Å². The highest BCUT2D eigenvalue weighted by Crippen LogP contribution is 2.29. The number of carboxylic acid groups (broad SMARTS) is 1. The van der Waals surface area contributed by atoms with Gasteiger partial charge in [0, 0.05) is 5.69 Å². The van der Waals surface area contributed by atoms with Crippen LogP contribution in [0.2, 0.25) is 5.02 Å². The van der Waals surface area contributed by atoms with Gasteiger partial charge in [0.25, 0.3) is 5.03 Å². The van der Waals surface area contributed by atoms with Crippen molar-refractivity contribution in [3.8, 4) is 5.95 Å². The number of thioether (sulfide) groups is 1. The second-order valence-electron chi connectivity index (χ2n) is 4.79. The Morgan fingerprint density at radius 1 is 1.54 bits per heavy atom. The van der Waals surface area contributed by atoms with E-state index in [-0.39, 0.29) is 21.5 Å². The SMILES string of the molecule is CCC(Sc1c([O-])on[n+]1C)C(=O)Nc1ccc(Cl)c(C(=O)O)c1. The molecule has 2 N–H and O–H groups in total. The molecular weight excluding hydrogens is 358 g/mol. The molecule has 2 rings (SSSR count). The van der Waals surface area contributed by atoms with Gasteiger partial charge >= 0.3 is 5.97 Å². The number of nitrogens with zero attached hydrogens (tertiary/aromatic N) is 2. The minimum absolute atomic E-state index is 0.0782. The summed E-state index contributed by atoms with van der Waals surface area (Å²) in [5.74, 6) is -2.18. The highest BCUT2D eigenvalue weighted by Gasteiger charge is 2.25. The quantitative estimate of drug-likeness (QED) is 0.582. The first-order chi connectivity index (χ1) is 11.3. The number of amides is 1. The summed E-state index contributed by atoms with van der Waals surface area (Å²) >= 11 is 6.82. The fourth-order valence-electron chi connectivity index (χ4n) is 1.88. The van der Waals surface area contributed by atoms with Crippen LogP contribution >= 0.6 is 23.4 Å². The molecule has 1 heterocycles. The zero-order chi connectivity index (χ0) is 17.9. The van der Waals surface area contributed by atoms with Crippen LogP contribution in [0.3, 0.4) is 0 Å². The van der Waals surface area contributed by atoms with E-state index >= 15 is 0 Å². The average Bonchev–Trinajstić information content (AvgIpc) is 2.85. The van der Waals surface area contributed by atoms with E-state index in [0.29, 0.717) is 12.1 Å². The number of carbonyl (C=O) groups is 2. The van der Waals surface area contributed by atoms with Gasteiger partial charge in [-0.25, -0.2) is 4.79 Å². The molecule has 0 spiro atoms. The molecule has 0 aliphatic heterocycles. The van der Waals surface area contributed by atoms with Crippen LogP contribution in [0, 0.1) is 0 Å². The highest BCUT2D eigenvalue weighted by molar-refractivity contribution is 8.00. The Balaban J connectivity index is 2.15. The van der Waals surface area contributed by atoms with Gasteiger partial charge in [0.2, 0.25) is 5.91 Å². The number of rotatable bonds is 6. The lowest BCUT2D eigenvalue weighted by Crippen LogP contribution is -2.34. The summed E-state index contributed by atoms with van der Waals surface area (Å²) in [4.78, 5) is 23.5. The van der Waals surface area contributed by atoms with Gasteiger partial charge in [-0.1, -0.05) is 23.2 Å². The molecule has 0 fully saturated rings. The monoisotopic (exact) mass is 371 g/mol. The Labute approximate surface area is 146 Å². The average molecular weight is 372 g/mol. The molecule has 0 aliphatic rings. The van der Waals surface area contributed by atoms with Gasteiger partial charge in [-0.05, 0) is 36.4 Å². The summed E-state index contributed by atoms with van der Waals surface area (Å²) in [7, 11) is 1.54. The molecule has 0 saturated heterocycles. The van der Waals surface area contributed by atoms with Gasteiger partial charge in [-0.3, -0.25) is 4.79 Å². The first kappa shape index (κ1) is 18.1. The zero-order valence-electron chi connectivity index (χ0n) is 12.8. The van der Waals surface area contributed by atoms with E-state index in [1.807, 2.05) is 0 Å². The molecule has 0 bridgehead atoms. The van der Waals surface area contributed by atoms with Gasteiger partial charge in [-0.2, -0.15) is 0 Å². The van der Waals surface area contributed by atoms with Crippen LogP contribution in [-0.2, 0) is 11.8 Å². The minimum atomic E-state index is -1.19. The Morgan fingerprint density at radius 3 is 2.79 bits per heavy atom. The third-order valence-electron chi connectivity index (χ3n) is 3.10. The molecular formula is C14H14ClN3O5S. The van der Waals surface area contributed by atoms with Crippen LogP contribution in [0.25, 0.3) is 0 Å². The van der Waals surface area contributed by atoms with Crippen molar-refractivity contribution < 1.29 is 29.0 Å².